The van der Waals surface area contributed by atoms with Crippen molar-refractivity contribution >= 4 is 30.2 Å². The quantitative estimate of drug-likeness (QED) is 0.129. The second-order valence-electron chi connectivity index (χ2n) is 16.5. The number of carbonyl (C=O) groups is 5. The Hall–Kier alpha value is -4.37. The summed E-state index contributed by atoms with van der Waals surface area (Å²) < 4.78 is 39.5. The van der Waals surface area contributed by atoms with Crippen molar-refractivity contribution in [3.8, 4) is 11.5 Å². The van der Waals surface area contributed by atoms with E-state index in [0.717, 1.165) is 12.0 Å². The molecule has 1 amide bonds. The summed E-state index contributed by atoms with van der Waals surface area (Å²) in [5.74, 6) is -1.99. The van der Waals surface area contributed by atoms with Gasteiger partial charge in [-0.2, -0.15) is 0 Å². The van der Waals surface area contributed by atoms with E-state index in [1.54, 1.807) is 53.7 Å². The van der Waals surface area contributed by atoms with Crippen LogP contribution in [0, 0.1) is 0 Å². The largest absolute Gasteiger partial charge is 0.514 e. The summed E-state index contributed by atoms with van der Waals surface area (Å²) in [5.41, 5.74) is -2.44. The molecule has 5 rings (SSSR count). The summed E-state index contributed by atoms with van der Waals surface area (Å²) in [6.45, 7) is 14.2. The molecule has 0 aromatic heterocycles. The zero-order valence-corrected chi connectivity index (χ0v) is 32.7. The first-order chi connectivity index (χ1) is 25.2. The average molecular weight is 759 g/mol. The van der Waals surface area contributed by atoms with Gasteiger partial charge in [-0.1, -0.05) is 19.4 Å². The fraction of sp³-hybridized carbons (Fsp3) is 0.667. The summed E-state index contributed by atoms with van der Waals surface area (Å²) in [5, 5.41) is 15.0. The van der Waals surface area contributed by atoms with Crippen LogP contribution in [0.1, 0.15) is 105 Å². The molecule has 2 N–H and O–H groups in total. The SMILES string of the molecule is CCCCOC(=O)CC[C@H](NC(=O)OC(C)(C)C)C(=O)O[C@@H](C)C(=O)OC1=CC[C@@]2(O)[C@H]3Cc4ccc(OC(=O)OC(C)(C)C)c5c4[C@@]2(CCN3C)[C@H]1O5. The molecule has 1 aromatic rings. The molecule has 15 heteroatoms. The summed E-state index contributed by atoms with van der Waals surface area (Å²) >= 11 is 0. The van der Waals surface area contributed by atoms with E-state index in [1.807, 2.05) is 20.0 Å². The third-order valence-electron chi connectivity index (χ3n) is 10.1. The second-order valence-corrected chi connectivity index (χ2v) is 16.5. The zero-order valence-electron chi connectivity index (χ0n) is 32.7. The van der Waals surface area contributed by atoms with Crippen molar-refractivity contribution in [3.63, 3.8) is 0 Å². The van der Waals surface area contributed by atoms with Crippen LogP contribution in [-0.2, 0) is 49.9 Å². The molecule has 0 unspecified atom stereocenters. The Morgan fingerprint density at radius 3 is 2.41 bits per heavy atom. The van der Waals surface area contributed by atoms with Gasteiger partial charge in [0.1, 0.15) is 23.0 Å². The molecule has 4 aliphatic rings. The van der Waals surface area contributed by atoms with Crippen molar-refractivity contribution < 1.29 is 62.2 Å². The summed E-state index contributed by atoms with van der Waals surface area (Å²) in [6, 6.07) is 1.87. The predicted octanol–water partition coefficient (Wildman–Crippen LogP) is 4.77. The number of unbranched alkanes of at least 4 members (excludes halogenated alkanes) is 1. The lowest BCUT2D eigenvalue weighted by Gasteiger charge is -2.61. The highest BCUT2D eigenvalue weighted by atomic mass is 16.7. The molecular formula is C39H54N2O13. The molecule has 54 heavy (non-hydrogen) atoms. The molecule has 0 radical (unpaired) electrons. The van der Waals surface area contributed by atoms with Gasteiger partial charge in [-0.05, 0) is 105 Å². The van der Waals surface area contributed by atoms with Crippen LogP contribution in [0.3, 0.4) is 0 Å². The zero-order chi connectivity index (χ0) is 39.8. The third-order valence-corrected chi connectivity index (χ3v) is 10.1. The van der Waals surface area contributed by atoms with Crippen molar-refractivity contribution in [3.05, 3.63) is 35.1 Å². The second kappa shape index (κ2) is 15.4. The van der Waals surface area contributed by atoms with Gasteiger partial charge in [0.15, 0.2) is 23.7 Å². The molecule has 2 aliphatic carbocycles. The van der Waals surface area contributed by atoms with Gasteiger partial charge >= 0.3 is 30.2 Å². The number of likely N-dealkylation sites (N-methyl/N-ethyl adjacent to an activating group) is 1. The number of amides is 1. The smallest absolute Gasteiger partial charge is 0.477 e. The lowest BCUT2D eigenvalue weighted by Crippen LogP contribution is -2.74. The van der Waals surface area contributed by atoms with Gasteiger partial charge in [-0.25, -0.2) is 19.2 Å². The van der Waals surface area contributed by atoms with Gasteiger partial charge < -0.3 is 48.5 Å². The molecule has 6 atom stereocenters. The highest BCUT2D eigenvalue weighted by Gasteiger charge is 2.72. The summed E-state index contributed by atoms with van der Waals surface area (Å²) in [4.78, 5) is 66.8. The number of esters is 3. The minimum Gasteiger partial charge on any atom is -0.477 e. The fourth-order valence-electron chi connectivity index (χ4n) is 7.74. The fourth-order valence-corrected chi connectivity index (χ4v) is 7.74. The van der Waals surface area contributed by atoms with E-state index in [2.05, 4.69) is 10.2 Å². The van der Waals surface area contributed by atoms with Crippen LogP contribution in [0.15, 0.2) is 24.0 Å². The van der Waals surface area contributed by atoms with E-state index in [1.165, 1.54) is 6.92 Å². The molecule has 2 bridgehead atoms. The van der Waals surface area contributed by atoms with Gasteiger partial charge in [-0.3, -0.25) is 4.79 Å². The normalized spacial score (nSPS) is 25.1. The molecule has 2 heterocycles. The van der Waals surface area contributed by atoms with Gasteiger partial charge in [0.2, 0.25) is 0 Å². The van der Waals surface area contributed by atoms with Gasteiger partial charge in [0, 0.05) is 24.4 Å². The minimum absolute atomic E-state index is 0.109. The van der Waals surface area contributed by atoms with Crippen molar-refractivity contribution in [1.82, 2.24) is 10.2 Å². The molecule has 15 nitrogen and oxygen atoms in total. The topological polar surface area (TPSA) is 185 Å². The van der Waals surface area contributed by atoms with E-state index >= 15 is 0 Å². The average Bonchev–Trinajstić information content (AvgIpc) is 3.41. The first-order valence-electron chi connectivity index (χ1n) is 18.6. The molecule has 1 aromatic carbocycles. The number of piperidine rings is 1. The minimum atomic E-state index is -1.46. The third kappa shape index (κ3) is 8.31. The van der Waals surface area contributed by atoms with Crippen molar-refractivity contribution in [2.45, 2.75) is 147 Å². The molecule has 1 spiro atoms. The number of aliphatic hydroxyl groups is 1. The van der Waals surface area contributed by atoms with Crippen LogP contribution < -0.4 is 14.8 Å². The van der Waals surface area contributed by atoms with Crippen LogP contribution >= 0.6 is 0 Å². The number of ether oxygens (including phenoxy) is 7. The van der Waals surface area contributed by atoms with Gasteiger partial charge in [0.05, 0.1) is 17.6 Å². The number of hydrogen-bond donors (Lipinski definition) is 2. The Labute approximate surface area is 315 Å². The van der Waals surface area contributed by atoms with Crippen molar-refractivity contribution in [2.24, 2.45) is 0 Å². The highest BCUT2D eigenvalue weighted by Crippen LogP contribution is 2.65. The Kier molecular flexibility index (Phi) is 11.6. The van der Waals surface area contributed by atoms with Crippen molar-refractivity contribution in [2.75, 3.05) is 20.2 Å². The number of rotatable bonds is 12. The molecule has 1 saturated heterocycles. The van der Waals surface area contributed by atoms with E-state index in [4.69, 9.17) is 33.2 Å². The monoisotopic (exact) mass is 758 g/mol. The first-order valence-corrected chi connectivity index (χ1v) is 18.6. The predicted molar refractivity (Wildman–Crippen MR) is 192 cm³/mol. The number of carbonyl (C=O) groups excluding carboxylic acids is 5. The molecule has 298 valence electrons. The standard InChI is InChI=1S/C39H54N2O13/c1-10-11-20-48-28(42)15-13-24(40-34(45)53-36(3,4)5)33(44)49-22(2)32(43)50-26-16-17-39(47)27-21-23-12-14-25(51-35(46)54-37(6,7)8)30-29(23)38(39,31(26)52-30)18-19-41(27)9/h12,14,16,22,24,27,31,47H,10-11,13,15,17-21H2,1-9H3,(H,40,45)/t22-,24-,27+,31-,38-,39+/m0/s1. The summed E-state index contributed by atoms with van der Waals surface area (Å²) in [6.07, 6.45) is -0.435. The first kappa shape index (κ1) is 40.8. The molecule has 2 aliphatic heterocycles. The van der Waals surface area contributed by atoms with E-state index in [9.17, 15) is 29.1 Å². The number of alkyl carbamates (subject to hydrolysis) is 1. The molecular weight excluding hydrogens is 704 g/mol. The Morgan fingerprint density at radius 1 is 1.04 bits per heavy atom. The molecule has 0 saturated carbocycles. The highest BCUT2D eigenvalue weighted by molar-refractivity contribution is 5.85. The van der Waals surface area contributed by atoms with Crippen LogP contribution in [0.25, 0.3) is 0 Å². The number of hydrogen-bond acceptors (Lipinski definition) is 14. The van der Waals surface area contributed by atoms with Crippen LogP contribution in [-0.4, -0.2) is 101 Å². The van der Waals surface area contributed by atoms with E-state index in [-0.39, 0.29) is 49.2 Å². The maximum atomic E-state index is 13.6. The Morgan fingerprint density at radius 2 is 1.74 bits per heavy atom. The van der Waals surface area contributed by atoms with Crippen LogP contribution in [0.4, 0.5) is 9.59 Å². The van der Waals surface area contributed by atoms with Crippen molar-refractivity contribution in [1.29, 1.82) is 0 Å². The number of nitrogens with one attached hydrogen (secondary N) is 1. The lowest BCUT2D eigenvalue weighted by molar-refractivity contribution is -0.176. The van der Waals surface area contributed by atoms with Gasteiger partial charge in [0.25, 0.3) is 0 Å². The number of nitrogens with zero attached hydrogens (tertiary/aromatic N) is 1. The van der Waals surface area contributed by atoms with Crippen LogP contribution in [0.5, 0.6) is 11.5 Å². The summed E-state index contributed by atoms with van der Waals surface area (Å²) in [7, 11) is 1.96. The maximum absolute atomic E-state index is 13.6. The Balaban J connectivity index is 1.35. The maximum Gasteiger partial charge on any atom is 0.514 e. The van der Waals surface area contributed by atoms with E-state index in [0.29, 0.717) is 31.4 Å². The number of likely N-dealkylation sites (tertiary alicyclic amines) is 1. The van der Waals surface area contributed by atoms with Gasteiger partial charge in [-0.15, -0.1) is 0 Å². The molecule has 1 fully saturated rings. The lowest BCUT2D eigenvalue weighted by atomic mass is 9.50. The number of benzene rings is 1. The van der Waals surface area contributed by atoms with Crippen LogP contribution in [0.2, 0.25) is 0 Å². The Bertz CT molecular complexity index is 1680. The van der Waals surface area contributed by atoms with E-state index < -0.39 is 70.6 Å².